The number of amides is 1. The number of rotatable bonds is 4. The molecule has 1 amide bonds. The highest BCUT2D eigenvalue weighted by Crippen LogP contribution is 2.20. The van der Waals surface area contributed by atoms with E-state index in [4.69, 9.17) is 23.2 Å². The standard InChI is InChI=1S/C11H12BrCl2NO/c1-2-7(12)6-15-11(16)9-4-3-8(13)5-10(9)14/h3-5,7H,2,6H2,1H3,(H,15,16). The molecule has 0 aromatic heterocycles. The quantitative estimate of drug-likeness (QED) is 0.836. The molecule has 1 aromatic carbocycles. The number of carbonyl (C=O) groups is 1. The van der Waals surface area contributed by atoms with Crippen molar-refractivity contribution in [2.24, 2.45) is 0 Å². The second-order valence-corrected chi connectivity index (χ2v) is 5.48. The third-order valence-corrected chi connectivity index (χ3v) is 3.62. The van der Waals surface area contributed by atoms with E-state index < -0.39 is 0 Å². The van der Waals surface area contributed by atoms with Gasteiger partial charge in [0.05, 0.1) is 10.6 Å². The van der Waals surface area contributed by atoms with E-state index in [9.17, 15) is 4.79 Å². The monoisotopic (exact) mass is 323 g/mol. The van der Waals surface area contributed by atoms with E-state index in [2.05, 4.69) is 21.2 Å². The SMILES string of the molecule is CCC(Br)CNC(=O)c1ccc(Cl)cc1Cl. The molecule has 0 aliphatic heterocycles. The van der Waals surface area contributed by atoms with Gasteiger partial charge in [-0.3, -0.25) is 4.79 Å². The van der Waals surface area contributed by atoms with Gasteiger partial charge in [0, 0.05) is 16.4 Å². The molecule has 0 fully saturated rings. The molecule has 2 nitrogen and oxygen atoms in total. The van der Waals surface area contributed by atoms with Crippen LogP contribution in [0.1, 0.15) is 23.7 Å². The zero-order valence-electron chi connectivity index (χ0n) is 8.77. The Kier molecular flexibility index (Phi) is 5.59. The molecule has 0 aliphatic carbocycles. The largest absolute Gasteiger partial charge is 0.351 e. The first-order chi connectivity index (χ1) is 7.54. The van der Waals surface area contributed by atoms with E-state index in [0.717, 1.165) is 6.42 Å². The lowest BCUT2D eigenvalue weighted by molar-refractivity contribution is 0.0954. The van der Waals surface area contributed by atoms with Crippen LogP contribution in [0.3, 0.4) is 0 Å². The van der Waals surface area contributed by atoms with Gasteiger partial charge >= 0.3 is 0 Å². The molecule has 16 heavy (non-hydrogen) atoms. The van der Waals surface area contributed by atoms with Crippen molar-refractivity contribution in [2.75, 3.05) is 6.54 Å². The summed E-state index contributed by atoms with van der Waals surface area (Å²) < 4.78 is 0. The minimum atomic E-state index is -0.181. The van der Waals surface area contributed by atoms with Crippen LogP contribution in [0.4, 0.5) is 0 Å². The van der Waals surface area contributed by atoms with Crippen LogP contribution in [0, 0.1) is 0 Å². The van der Waals surface area contributed by atoms with E-state index in [1.54, 1.807) is 18.2 Å². The molecule has 1 atom stereocenters. The Hall–Kier alpha value is -0.250. The molecule has 5 heteroatoms. The Balaban J connectivity index is 2.66. The van der Waals surface area contributed by atoms with Gasteiger partial charge in [0.2, 0.25) is 0 Å². The van der Waals surface area contributed by atoms with Gasteiger partial charge in [-0.05, 0) is 24.6 Å². The van der Waals surface area contributed by atoms with Crippen LogP contribution in [0.15, 0.2) is 18.2 Å². The van der Waals surface area contributed by atoms with Crippen molar-refractivity contribution in [1.82, 2.24) is 5.32 Å². The van der Waals surface area contributed by atoms with E-state index in [0.29, 0.717) is 22.2 Å². The number of halogens is 3. The van der Waals surface area contributed by atoms with Crippen molar-refractivity contribution < 1.29 is 4.79 Å². The lowest BCUT2D eigenvalue weighted by Gasteiger charge is -2.09. The number of carbonyl (C=O) groups excluding carboxylic acids is 1. The summed E-state index contributed by atoms with van der Waals surface area (Å²) in [6.45, 7) is 2.62. The summed E-state index contributed by atoms with van der Waals surface area (Å²) in [4.78, 5) is 12.0. The van der Waals surface area contributed by atoms with Crippen LogP contribution >= 0.6 is 39.1 Å². The summed E-state index contributed by atoms with van der Waals surface area (Å²) in [7, 11) is 0. The van der Waals surface area contributed by atoms with Crippen molar-refractivity contribution in [1.29, 1.82) is 0 Å². The van der Waals surface area contributed by atoms with Crippen LogP contribution in [0.25, 0.3) is 0 Å². The van der Waals surface area contributed by atoms with Gasteiger partial charge in [-0.1, -0.05) is 46.1 Å². The first kappa shape index (κ1) is 13.8. The van der Waals surface area contributed by atoms with Gasteiger partial charge in [0.25, 0.3) is 5.91 Å². The fourth-order valence-electron chi connectivity index (χ4n) is 1.12. The fourth-order valence-corrected chi connectivity index (χ4v) is 1.77. The van der Waals surface area contributed by atoms with Crippen molar-refractivity contribution >= 4 is 45.0 Å². The Bertz CT molecular complexity index is 384. The van der Waals surface area contributed by atoms with E-state index in [-0.39, 0.29) is 10.7 Å². The molecule has 0 radical (unpaired) electrons. The number of hydrogen-bond donors (Lipinski definition) is 1. The molecular weight excluding hydrogens is 313 g/mol. The topological polar surface area (TPSA) is 29.1 Å². The van der Waals surface area contributed by atoms with Gasteiger partial charge in [-0.25, -0.2) is 0 Å². The Morgan fingerprint density at radius 3 is 2.75 bits per heavy atom. The van der Waals surface area contributed by atoms with Gasteiger partial charge in [-0.15, -0.1) is 0 Å². The predicted molar refractivity (Wildman–Crippen MR) is 71.8 cm³/mol. The van der Waals surface area contributed by atoms with Crippen molar-refractivity contribution in [3.63, 3.8) is 0 Å². The average molecular weight is 325 g/mol. The van der Waals surface area contributed by atoms with E-state index in [1.807, 2.05) is 6.92 Å². The fraction of sp³-hybridized carbons (Fsp3) is 0.364. The summed E-state index contributed by atoms with van der Waals surface area (Å²) in [6.07, 6.45) is 0.953. The zero-order chi connectivity index (χ0) is 12.1. The molecule has 0 saturated carbocycles. The maximum atomic E-state index is 11.7. The number of alkyl halides is 1. The van der Waals surface area contributed by atoms with Crippen LogP contribution in [0.2, 0.25) is 10.0 Å². The summed E-state index contributed by atoms with van der Waals surface area (Å²) >= 11 is 15.1. The lowest BCUT2D eigenvalue weighted by atomic mass is 10.2. The number of hydrogen-bond acceptors (Lipinski definition) is 1. The van der Waals surface area contributed by atoms with Crippen molar-refractivity contribution in [2.45, 2.75) is 18.2 Å². The highest BCUT2D eigenvalue weighted by Gasteiger charge is 2.11. The van der Waals surface area contributed by atoms with E-state index in [1.165, 1.54) is 0 Å². The second kappa shape index (κ2) is 6.48. The van der Waals surface area contributed by atoms with Crippen LogP contribution in [0.5, 0.6) is 0 Å². The van der Waals surface area contributed by atoms with Gasteiger partial charge in [0.1, 0.15) is 0 Å². The second-order valence-electron chi connectivity index (χ2n) is 3.34. The Morgan fingerprint density at radius 2 is 2.19 bits per heavy atom. The Labute approximate surface area is 113 Å². The smallest absolute Gasteiger partial charge is 0.252 e. The molecule has 1 N–H and O–H groups in total. The summed E-state index contributed by atoms with van der Waals surface area (Å²) in [5.41, 5.74) is 0.446. The minimum absolute atomic E-state index is 0.181. The summed E-state index contributed by atoms with van der Waals surface area (Å²) in [5.74, 6) is -0.181. The third-order valence-electron chi connectivity index (χ3n) is 2.10. The molecular formula is C11H12BrCl2NO. The molecule has 0 spiro atoms. The van der Waals surface area contributed by atoms with Crippen molar-refractivity contribution in [3.05, 3.63) is 33.8 Å². The maximum absolute atomic E-state index is 11.7. The molecule has 1 unspecified atom stereocenters. The highest BCUT2D eigenvalue weighted by molar-refractivity contribution is 9.09. The van der Waals surface area contributed by atoms with Crippen LogP contribution in [-0.4, -0.2) is 17.3 Å². The van der Waals surface area contributed by atoms with Crippen LogP contribution < -0.4 is 5.32 Å². The maximum Gasteiger partial charge on any atom is 0.252 e. The summed E-state index contributed by atoms with van der Waals surface area (Å²) in [6, 6.07) is 4.83. The molecule has 1 rings (SSSR count). The van der Waals surface area contributed by atoms with Crippen LogP contribution in [-0.2, 0) is 0 Å². The number of nitrogens with one attached hydrogen (secondary N) is 1. The molecule has 0 bridgehead atoms. The number of benzene rings is 1. The molecule has 0 aliphatic rings. The lowest BCUT2D eigenvalue weighted by Crippen LogP contribution is -2.29. The normalized spacial score (nSPS) is 12.2. The van der Waals surface area contributed by atoms with E-state index >= 15 is 0 Å². The highest BCUT2D eigenvalue weighted by atomic mass is 79.9. The average Bonchev–Trinajstić information content (AvgIpc) is 2.25. The predicted octanol–water partition coefficient (Wildman–Crippen LogP) is 3.90. The first-order valence-electron chi connectivity index (χ1n) is 4.92. The third kappa shape index (κ3) is 3.96. The zero-order valence-corrected chi connectivity index (χ0v) is 11.9. The Morgan fingerprint density at radius 1 is 1.50 bits per heavy atom. The van der Waals surface area contributed by atoms with Gasteiger partial charge in [-0.2, -0.15) is 0 Å². The molecule has 0 saturated heterocycles. The first-order valence-corrected chi connectivity index (χ1v) is 6.59. The molecule has 1 aromatic rings. The minimum Gasteiger partial charge on any atom is -0.351 e. The van der Waals surface area contributed by atoms with Gasteiger partial charge < -0.3 is 5.32 Å². The van der Waals surface area contributed by atoms with Crippen molar-refractivity contribution in [3.8, 4) is 0 Å². The summed E-state index contributed by atoms with van der Waals surface area (Å²) in [5, 5.41) is 3.69. The van der Waals surface area contributed by atoms with Gasteiger partial charge in [0.15, 0.2) is 0 Å². The molecule has 88 valence electrons. The molecule has 0 heterocycles.